The number of halogens is 1. The van der Waals surface area contributed by atoms with E-state index in [9.17, 15) is 8.42 Å². The number of piperazine rings is 1. The minimum absolute atomic E-state index is 0.0269. The van der Waals surface area contributed by atoms with E-state index in [1.807, 2.05) is 6.92 Å². The Morgan fingerprint density at radius 2 is 1.80 bits per heavy atom. The summed E-state index contributed by atoms with van der Waals surface area (Å²) in [6.45, 7) is 10.5. The molecule has 1 N–H and O–H groups in total. The molecular formula is C13H28ClN3O2S. The fraction of sp³-hybridized carbons (Fsp3) is 1.00. The Labute approximate surface area is 128 Å². The van der Waals surface area contributed by atoms with E-state index in [0.29, 0.717) is 12.4 Å². The van der Waals surface area contributed by atoms with Gasteiger partial charge in [-0.05, 0) is 26.8 Å². The van der Waals surface area contributed by atoms with Crippen molar-refractivity contribution in [2.24, 2.45) is 5.92 Å². The quantitative estimate of drug-likeness (QED) is 0.704. The van der Waals surface area contributed by atoms with Crippen LogP contribution in [0.3, 0.4) is 0 Å². The maximum Gasteiger partial charge on any atom is 0.211 e. The van der Waals surface area contributed by atoms with E-state index in [1.54, 1.807) is 0 Å². The average molecular weight is 326 g/mol. The lowest BCUT2D eigenvalue weighted by Gasteiger charge is -2.43. The van der Waals surface area contributed by atoms with Gasteiger partial charge in [0.15, 0.2) is 0 Å². The molecule has 1 heterocycles. The lowest BCUT2D eigenvalue weighted by Crippen LogP contribution is -2.58. The zero-order chi connectivity index (χ0) is 15.4. The molecule has 1 fully saturated rings. The van der Waals surface area contributed by atoms with Gasteiger partial charge in [-0.2, -0.15) is 0 Å². The topological polar surface area (TPSA) is 52.7 Å². The number of alkyl halides is 1. The number of nitrogens with one attached hydrogen (secondary N) is 1. The fourth-order valence-electron chi connectivity index (χ4n) is 2.29. The molecule has 0 spiro atoms. The number of sulfonamides is 1. The van der Waals surface area contributed by atoms with Crippen molar-refractivity contribution in [1.29, 1.82) is 0 Å². The van der Waals surface area contributed by atoms with E-state index >= 15 is 0 Å². The molecule has 0 aromatic heterocycles. The first kappa shape index (κ1) is 18.2. The molecular weight excluding hydrogens is 298 g/mol. The van der Waals surface area contributed by atoms with Gasteiger partial charge in [0.2, 0.25) is 10.0 Å². The first-order valence-electron chi connectivity index (χ1n) is 7.13. The van der Waals surface area contributed by atoms with Crippen LogP contribution in [0.4, 0.5) is 0 Å². The third-order valence-electron chi connectivity index (χ3n) is 3.85. The monoisotopic (exact) mass is 325 g/mol. The number of likely N-dealkylation sites (N-methyl/N-ethyl adjacent to an activating group) is 1. The zero-order valence-electron chi connectivity index (χ0n) is 13.0. The predicted octanol–water partition coefficient (Wildman–Crippen LogP) is 0.807. The van der Waals surface area contributed by atoms with Gasteiger partial charge in [-0.1, -0.05) is 6.92 Å². The highest BCUT2D eigenvalue weighted by Crippen LogP contribution is 2.16. The van der Waals surface area contributed by atoms with Crippen LogP contribution in [0, 0.1) is 5.92 Å². The summed E-state index contributed by atoms with van der Waals surface area (Å²) in [5.41, 5.74) is -0.168. The number of nitrogens with zero attached hydrogens (tertiary/aromatic N) is 2. The van der Waals surface area contributed by atoms with E-state index < -0.39 is 10.0 Å². The molecule has 0 radical (unpaired) electrons. The van der Waals surface area contributed by atoms with Crippen molar-refractivity contribution in [3.05, 3.63) is 0 Å². The van der Waals surface area contributed by atoms with E-state index in [-0.39, 0.29) is 17.2 Å². The van der Waals surface area contributed by atoms with E-state index in [2.05, 4.69) is 35.4 Å². The summed E-state index contributed by atoms with van der Waals surface area (Å²) >= 11 is 5.68. The Balaban J connectivity index is 2.50. The van der Waals surface area contributed by atoms with Gasteiger partial charge in [-0.25, -0.2) is 13.1 Å². The first-order chi connectivity index (χ1) is 9.16. The van der Waals surface area contributed by atoms with Gasteiger partial charge < -0.3 is 4.90 Å². The SMILES string of the molecule is CC(CCl)CS(=O)(=O)NCC(C)(C)N1CCN(C)CC1. The summed E-state index contributed by atoms with van der Waals surface area (Å²) in [5.74, 6) is 0.429. The van der Waals surface area contributed by atoms with Crippen molar-refractivity contribution in [2.75, 3.05) is 51.4 Å². The first-order valence-corrected chi connectivity index (χ1v) is 9.32. The molecule has 0 aromatic carbocycles. The molecule has 7 heteroatoms. The Hall–Kier alpha value is 0.120. The van der Waals surface area contributed by atoms with Crippen molar-refractivity contribution >= 4 is 21.6 Å². The summed E-state index contributed by atoms with van der Waals surface area (Å²) in [7, 11) is -1.14. The summed E-state index contributed by atoms with van der Waals surface area (Å²) in [4.78, 5) is 4.64. The second-order valence-electron chi connectivity index (χ2n) is 6.46. The standard InChI is InChI=1S/C13H28ClN3O2S/c1-12(9-14)10-20(18,19)15-11-13(2,3)17-7-5-16(4)6-8-17/h12,15H,5-11H2,1-4H3. The van der Waals surface area contributed by atoms with Crippen molar-refractivity contribution in [2.45, 2.75) is 26.3 Å². The summed E-state index contributed by atoms with van der Waals surface area (Å²) in [6, 6.07) is 0. The molecule has 1 unspecified atom stereocenters. The van der Waals surface area contributed by atoms with Crippen molar-refractivity contribution in [1.82, 2.24) is 14.5 Å². The van der Waals surface area contributed by atoms with Gasteiger partial charge in [0, 0.05) is 44.1 Å². The fourth-order valence-corrected chi connectivity index (χ4v) is 4.08. The second-order valence-corrected chi connectivity index (χ2v) is 8.62. The molecule has 5 nitrogen and oxygen atoms in total. The molecule has 0 saturated carbocycles. The van der Waals surface area contributed by atoms with Gasteiger partial charge in [0.1, 0.15) is 0 Å². The van der Waals surface area contributed by atoms with Gasteiger partial charge >= 0.3 is 0 Å². The lowest BCUT2D eigenvalue weighted by molar-refractivity contribution is 0.0652. The average Bonchev–Trinajstić information content (AvgIpc) is 2.37. The molecule has 0 aliphatic carbocycles. The summed E-state index contributed by atoms with van der Waals surface area (Å²) in [6.07, 6.45) is 0. The molecule has 20 heavy (non-hydrogen) atoms. The van der Waals surface area contributed by atoms with Crippen LogP contribution in [0.15, 0.2) is 0 Å². The van der Waals surface area contributed by atoms with Crippen molar-refractivity contribution < 1.29 is 8.42 Å². The normalized spacial score (nSPS) is 21.1. The molecule has 0 aromatic rings. The van der Waals surface area contributed by atoms with Crippen LogP contribution in [0.1, 0.15) is 20.8 Å². The highest BCUT2D eigenvalue weighted by Gasteiger charge is 2.30. The third kappa shape index (κ3) is 5.85. The lowest BCUT2D eigenvalue weighted by atomic mass is 10.0. The van der Waals surface area contributed by atoms with Gasteiger partial charge in [-0.15, -0.1) is 11.6 Å². The summed E-state index contributed by atoms with van der Waals surface area (Å²) < 4.78 is 26.7. The molecule has 1 saturated heterocycles. The van der Waals surface area contributed by atoms with E-state index in [4.69, 9.17) is 11.6 Å². The summed E-state index contributed by atoms with van der Waals surface area (Å²) in [5, 5.41) is 0. The highest BCUT2D eigenvalue weighted by molar-refractivity contribution is 7.89. The molecule has 120 valence electrons. The van der Waals surface area contributed by atoms with Crippen LogP contribution < -0.4 is 4.72 Å². The molecule has 0 amide bonds. The number of hydrogen-bond donors (Lipinski definition) is 1. The maximum atomic E-state index is 12.0. The van der Waals surface area contributed by atoms with Crippen LogP contribution in [0.2, 0.25) is 0 Å². The Morgan fingerprint density at radius 3 is 2.30 bits per heavy atom. The zero-order valence-corrected chi connectivity index (χ0v) is 14.6. The maximum absolute atomic E-state index is 12.0. The van der Waals surface area contributed by atoms with E-state index in [1.165, 1.54) is 0 Å². The highest BCUT2D eigenvalue weighted by atomic mass is 35.5. The Morgan fingerprint density at radius 1 is 1.25 bits per heavy atom. The van der Waals surface area contributed by atoms with Crippen LogP contribution in [-0.4, -0.2) is 75.2 Å². The largest absolute Gasteiger partial charge is 0.304 e. The third-order valence-corrected chi connectivity index (χ3v) is 5.97. The van der Waals surface area contributed by atoms with Crippen LogP contribution >= 0.6 is 11.6 Å². The minimum atomic E-state index is -3.25. The number of hydrogen-bond acceptors (Lipinski definition) is 4. The van der Waals surface area contributed by atoms with Gasteiger partial charge in [0.25, 0.3) is 0 Å². The van der Waals surface area contributed by atoms with Crippen molar-refractivity contribution in [3.63, 3.8) is 0 Å². The smallest absolute Gasteiger partial charge is 0.211 e. The molecule has 1 rings (SSSR count). The predicted molar refractivity (Wildman–Crippen MR) is 84.8 cm³/mol. The van der Waals surface area contributed by atoms with E-state index in [0.717, 1.165) is 26.2 Å². The molecule has 1 atom stereocenters. The number of rotatable bonds is 7. The van der Waals surface area contributed by atoms with Crippen molar-refractivity contribution in [3.8, 4) is 0 Å². The van der Waals surface area contributed by atoms with Crippen LogP contribution in [0.25, 0.3) is 0 Å². The van der Waals surface area contributed by atoms with Crippen LogP contribution in [-0.2, 0) is 10.0 Å². The minimum Gasteiger partial charge on any atom is -0.304 e. The van der Waals surface area contributed by atoms with Gasteiger partial charge in [-0.3, -0.25) is 4.90 Å². The Bertz CT molecular complexity index is 392. The van der Waals surface area contributed by atoms with Crippen LogP contribution in [0.5, 0.6) is 0 Å². The second kappa shape index (κ2) is 7.40. The molecule has 0 bridgehead atoms. The Kier molecular flexibility index (Phi) is 6.73. The molecule has 1 aliphatic heterocycles. The van der Waals surface area contributed by atoms with Gasteiger partial charge in [0.05, 0.1) is 5.75 Å². The molecule has 1 aliphatic rings.